The van der Waals surface area contributed by atoms with E-state index in [1.165, 1.54) is 0 Å². The maximum absolute atomic E-state index is 9.56. The van der Waals surface area contributed by atoms with E-state index in [2.05, 4.69) is 38.9 Å². The van der Waals surface area contributed by atoms with Crippen LogP contribution in [0.15, 0.2) is 0 Å². The van der Waals surface area contributed by atoms with Crippen LogP contribution >= 0.6 is 0 Å². The molecule has 0 heterocycles. The Balaban J connectivity index is 2.08. The summed E-state index contributed by atoms with van der Waals surface area (Å²) in [6.07, 6.45) is 1.39. The van der Waals surface area contributed by atoms with Crippen molar-refractivity contribution >= 4 is 0 Å². The SMILES string of the molecule is CC(C)CC1C(O)CC1COOOOOO. The topological polar surface area (TPSA) is 86.6 Å². The molecule has 0 aromatic rings. The van der Waals surface area contributed by atoms with Crippen LogP contribution in [-0.4, -0.2) is 23.1 Å². The molecule has 1 rings (SSSR count). The Kier molecular flexibility index (Phi) is 6.14. The van der Waals surface area contributed by atoms with E-state index in [-0.39, 0.29) is 17.9 Å². The number of hydrogen-bond donors (Lipinski definition) is 2. The van der Waals surface area contributed by atoms with Crippen molar-refractivity contribution in [2.24, 2.45) is 17.8 Å². The van der Waals surface area contributed by atoms with Crippen molar-refractivity contribution in [3.05, 3.63) is 0 Å². The van der Waals surface area contributed by atoms with Crippen molar-refractivity contribution in [2.75, 3.05) is 6.61 Å². The Morgan fingerprint density at radius 1 is 1.25 bits per heavy atom. The second-order valence-electron chi connectivity index (χ2n) is 4.42. The highest BCUT2D eigenvalue weighted by molar-refractivity contribution is 4.89. The predicted molar refractivity (Wildman–Crippen MR) is 50.0 cm³/mol. The van der Waals surface area contributed by atoms with Gasteiger partial charge in [0.05, 0.1) is 12.7 Å². The maximum atomic E-state index is 9.56. The van der Waals surface area contributed by atoms with E-state index < -0.39 is 0 Å². The molecule has 3 unspecified atom stereocenters. The molecule has 3 atom stereocenters. The van der Waals surface area contributed by atoms with Gasteiger partial charge in [0.1, 0.15) is 0 Å². The number of aliphatic hydroxyl groups is 1. The summed E-state index contributed by atoms with van der Waals surface area (Å²) in [4.78, 5) is 4.65. The smallest absolute Gasteiger partial charge is 0.0887 e. The Morgan fingerprint density at radius 2 is 2.00 bits per heavy atom. The van der Waals surface area contributed by atoms with Crippen molar-refractivity contribution in [3.63, 3.8) is 0 Å². The summed E-state index contributed by atoms with van der Waals surface area (Å²) in [6, 6.07) is 0. The zero-order chi connectivity index (χ0) is 12.0. The van der Waals surface area contributed by atoms with Gasteiger partial charge >= 0.3 is 0 Å². The molecule has 7 nitrogen and oxygen atoms in total. The van der Waals surface area contributed by atoms with Crippen LogP contribution in [0.1, 0.15) is 26.7 Å². The van der Waals surface area contributed by atoms with Gasteiger partial charge in [0, 0.05) is 0 Å². The molecule has 0 aliphatic heterocycles. The summed E-state index contributed by atoms with van der Waals surface area (Å²) >= 11 is 0. The third kappa shape index (κ3) is 4.30. The molecule has 0 spiro atoms. The van der Waals surface area contributed by atoms with Gasteiger partial charge < -0.3 is 5.11 Å². The minimum Gasteiger partial charge on any atom is -0.393 e. The van der Waals surface area contributed by atoms with Gasteiger partial charge in [-0.3, -0.25) is 0 Å². The van der Waals surface area contributed by atoms with Crippen molar-refractivity contribution in [3.8, 4) is 0 Å². The molecule has 2 N–H and O–H groups in total. The fourth-order valence-electron chi connectivity index (χ4n) is 2.02. The van der Waals surface area contributed by atoms with E-state index in [9.17, 15) is 5.11 Å². The molecule has 1 aliphatic rings. The Bertz CT molecular complexity index is 187. The van der Waals surface area contributed by atoms with Crippen LogP contribution in [0.4, 0.5) is 0 Å². The average molecular weight is 238 g/mol. The monoisotopic (exact) mass is 238 g/mol. The van der Waals surface area contributed by atoms with Gasteiger partial charge in [0.2, 0.25) is 0 Å². The summed E-state index contributed by atoms with van der Waals surface area (Å²) < 4.78 is 0. The molecule has 96 valence electrons. The zero-order valence-corrected chi connectivity index (χ0v) is 9.37. The van der Waals surface area contributed by atoms with Gasteiger partial charge in [-0.25, -0.2) is 10.1 Å². The fraction of sp³-hybridized carbons (Fsp3) is 1.00. The molecular formula is C9H18O7. The first-order valence-electron chi connectivity index (χ1n) is 5.26. The summed E-state index contributed by atoms with van der Waals surface area (Å²) in [5, 5.41) is 31.8. The number of rotatable bonds is 8. The third-order valence-electron chi connectivity index (χ3n) is 2.80. The van der Waals surface area contributed by atoms with Crippen LogP contribution in [0.25, 0.3) is 0 Å². The second-order valence-corrected chi connectivity index (χ2v) is 4.42. The fourth-order valence-corrected chi connectivity index (χ4v) is 2.02. The van der Waals surface area contributed by atoms with Gasteiger partial charge in [-0.1, -0.05) is 13.8 Å². The van der Waals surface area contributed by atoms with Crippen LogP contribution in [0, 0.1) is 17.8 Å². The van der Waals surface area contributed by atoms with Gasteiger partial charge in [0.25, 0.3) is 0 Å². The largest absolute Gasteiger partial charge is 0.393 e. The molecule has 16 heavy (non-hydrogen) atoms. The van der Waals surface area contributed by atoms with E-state index >= 15 is 0 Å². The molecule has 0 radical (unpaired) electrons. The van der Waals surface area contributed by atoms with E-state index in [0.29, 0.717) is 18.9 Å². The predicted octanol–water partition coefficient (Wildman–Crippen LogP) is 1.25. The van der Waals surface area contributed by atoms with Crippen molar-refractivity contribution in [1.82, 2.24) is 0 Å². The first-order valence-corrected chi connectivity index (χ1v) is 5.26. The summed E-state index contributed by atoms with van der Waals surface area (Å²) in [7, 11) is 0. The molecule has 0 aromatic carbocycles. The standard InChI is InChI=1S/C9H18O7/c1-6(2)3-8-7(4-9(8)10)5-12-14-16-15-13-11/h6-11H,3-5H2,1-2H3. The van der Waals surface area contributed by atoms with E-state index in [1.807, 2.05) is 0 Å². The van der Waals surface area contributed by atoms with Crippen molar-refractivity contribution in [2.45, 2.75) is 32.8 Å². The second kappa shape index (κ2) is 7.13. The first-order chi connectivity index (χ1) is 7.65. The lowest BCUT2D eigenvalue weighted by molar-refractivity contribution is -0.753. The third-order valence-corrected chi connectivity index (χ3v) is 2.80. The van der Waals surface area contributed by atoms with Crippen molar-refractivity contribution < 1.29 is 35.4 Å². The van der Waals surface area contributed by atoms with Gasteiger partial charge in [-0.15, -0.1) is 0 Å². The van der Waals surface area contributed by atoms with Crippen LogP contribution in [0.5, 0.6) is 0 Å². The quantitative estimate of drug-likeness (QED) is 0.374. The summed E-state index contributed by atoms with van der Waals surface area (Å²) in [6.45, 7) is 4.51. The van der Waals surface area contributed by atoms with Crippen LogP contribution in [-0.2, 0) is 25.0 Å². The highest BCUT2D eigenvalue weighted by Gasteiger charge is 2.40. The lowest BCUT2D eigenvalue weighted by Crippen LogP contribution is -2.44. The van der Waals surface area contributed by atoms with Gasteiger partial charge in [-0.2, -0.15) is 0 Å². The molecule has 0 saturated heterocycles. The van der Waals surface area contributed by atoms with E-state index in [1.54, 1.807) is 0 Å². The number of hydrogen-bond acceptors (Lipinski definition) is 7. The lowest BCUT2D eigenvalue weighted by Gasteiger charge is -2.42. The Labute approximate surface area is 93.5 Å². The van der Waals surface area contributed by atoms with Crippen LogP contribution < -0.4 is 0 Å². The molecule has 1 aliphatic carbocycles. The maximum Gasteiger partial charge on any atom is 0.0887 e. The van der Waals surface area contributed by atoms with E-state index in [4.69, 9.17) is 5.26 Å². The zero-order valence-electron chi connectivity index (χ0n) is 9.37. The minimum atomic E-state index is -0.256. The minimum absolute atomic E-state index is 0.235. The van der Waals surface area contributed by atoms with Crippen LogP contribution in [0.3, 0.4) is 0 Å². The Morgan fingerprint density at radius 3 is 2.56 bits per heavy atom. The molecule has 1 saturated carbocycles. The lowest BCUT2D eigenvalue weighted by atomic mass is 9.68. The highest BCUT2D eigenvalue weighted by Crippen LogP contribution is 2.39. The molecule has 1 fully saturated rings. The first kappa shape index (κ1) is 13.8. The highest BCUT2D eigenvalue weighted by atomic mass is 17.8. The molecule has 0 amide bonds. The van der Waals surface area contributed by atoms with Crippen LogP contribution in [0.2, 0.25) is 0 Å². The average Bonchev–Trinajstić information content (AvgIpc) is 2.24. The number of aliphatic hydroxyl groups excluding tert-OH is 1. The van der Waals surface area contributed by atoms with E-state index in [0.717, 1.165) is 6.42 Å². The molecule has 0 aromatic heterocycles. The normalized spacial score (nSPS) is 29.4. The summed E-state index contributed by atoms with van der Waals surface area (Å²) in [5.74, 6) is 1.01. The van der Waals surface area contributed by atoms with Gasteiger partial charge in [0.15, 0.2) is 0 Å². The van der Waals surface area contributed by atoms with Crippen molar-refractivity contribution in [1.29, 1.82) is 0 Å². The Hall–Kier alpha value is -0.280. The molecule has 0 bridgehead atoms. The molecule has 7 heteroatoms. The molecular weight excluding hydrogens is 220 g/mol. The van der Waals surface area contributed by atoms with Gasteiger partial charge in [-0.05, 0) is 50.7 Å². The summed E-state index contributed by atoms with van der Waals surface area (Å²) in [5.41, 5.74) is 0.